The van der Waals surface area contributed by atoms with Gasteiger partial charge >= 0.3 is 0 Å². The van der Waals surface area contributed by atoms with Crippen LogP contribution in [0.3, 0.4) is 0 Å². The summed E-state index contributed by atoms with van der Waals surface area (Å²) in [6.45, 7) is 2.99. The molecule has 120 valence electrons. The maximum absolute atomic E-state index is 4.76. The first kappa shape index (κ1) is 15.4. The van der Waals surface area contributed by atoms with Crippen molar-refractivity contribution in [3.05, 3.63) is 42.1 Å². The van der Waals surface area contributed by atoms with Crippen LogP contribution in [0.1, 0.15) is 24.9 Å². The second kappa shape index (κ2) is 6.73. The molecule has 0 aromatic carbocycles. The van der Waals surface area contributed by atoms with Crippen LogP contribution in [0.25, 0.3) is 11.0 Å². The average Bonchev–Trinajstić information content (AvgIpc) is 2.94. The topological polar surface area (TPSA) is 59.7 Å². The van der Waals surface area contributed by atoms with E-state index in [2.05, 4.69) is 40.0 Å². The highest BCUT2D eigenvalue weighted by Gasteiger charge is 2.14. The van der Waals surface area contributed by atoms with Crippen LogP contribution in [0.2, 0.25) is 0 Å². The van der Waals surface area contributed by atoms with Gasteiger partial charge in [0.1, 0.15) is 11.6 Å². The lowest BCUT2D eigenvalue weighted by Gasteiger charge is -2.19. The molecule has 0 bridgehead atoms. The maximum Gasteiger partial charge on any atom is 0.163 e. The van der Waals surface area contributed by atoms with E-state index in [0.29, 0.717) is 0 Å². The molecule has 3 heterocycles. The number of aromatic nitrogens is 5. The van der Waals surface area contributed by atoms with E-state index in [1.807, 2.05) is 36.3 Å². The van der Waals surface area contributed by atoms with Crippen LogP contribution in [0.4, 0.5) is 5.82 Å². The van der Waals surface area contributed by atoms with Gasteiger partial charge in [0.05, 0.1) is 11.6 Å². The van der Waals surface area contributed by atoms with Gasteiger partial charge in [0.15, 0.2) is 5.65 Å². The lowest BCUT2D eigenvalue weighted by atomic mass is 10.2. The van der Waals surface area contributed by atoms with Gasteiger partial charge in [-0.1, -0.05) is 13.0 Å². The minimum absolute atomic E-state index is 0.851. The first-order chi connectivity index (χ1) is 11.2. The molecule has 0 aliphatic rings. The molecule has 0 aliphatic heterocycles. The Morgan fingerprint density at radius 3 is 2.78 bits per heavy atom. The van der Waals surface area contributed by atoms with Crippen molar-refractivity contribution >= 4 is 16.9 Å². The molecular formula is C17H22N6. The van der Waals surface area contributed by atoms with Gasteiger partial charge in [0, 0.05) is 45.4 Å². The van der Waals surface area contributed by atoms with Gasteiger partial charge in [-0.3, -0.25) is 9.67 Å². The number of aryl methyl sites for hydroxylation is 2. The number of rotatable bonds is 6. The molecule has 3 aromatic heterocycles. The van der Waals surface area contributed by atoms with E-state index < -0.39 is 0 Å². The van der Waals surface area contributed by atoms with Crippen molar-refractivity contribution in [3.63, 3.8) is 0 Å². The molecule has 3 aromatic rings. The second-order valence-corrected chi connectivity index (χ2v) is 5.71. The second-order valence-electron chi connectivity index (χ2n) is 5.71. The van der Waals surface area contributed by atoms with Crippen LogP contribution in [0, 0.1) is 0 Å². The van der Waals surface area contributed by atoms with Crippen molar-refractivity contribution in [3.8, 4) is 0 Å². The Hall–Kier alpha value is -2.50. The summed E-state index contributed by atoms with van der Waals surface area (Å²) >= 11 is 0. The molecule has 0 radical (unpaired) electrons. The minimum atomic E-state index is 0.851. The number of nitrogens with zero attached hydrogens (tertiary/aromatic N) is 6. The van der Waals surface area contributed by atoms with Crippen molar-refractivity contribution in [1.82, 2.24) is 24.7 Å². The Kier molecular flexibility index (Phi) is 4.50. The highest BCUT2D eigenvalue weighted by Crippen LogP contribution is 2.23. The number of pyridine rings is 1. The third kappa shape index (κ3) is 3.31. The van der Waals surface area contributed by atoms with Gasteiger partial charge in [-0.15, -0.1) is 0 Å². The van der Waals surface area contributed by atoms with E-state index in [1.165, 1.54) is 0 Å². The smallest absolute Gasteiger partial charge is 0.163 e. The summed E-state index contributed by atoms with van der Waals surface area (Å²) in [5.41, 5.74) is 1.98. The monoisotopic (exact) mass is 310 g/mol. The molecule has 6 heteroatoms. The fraction of sp³-hybridized carbons (Fsp3) is 0.412. The first-order valence-electron chi connectivity index (χ1n) is 7.98. The van der Waals surface area contributed by atoms with Crippen molar-refractivity contribution in [1.29, 1.82) is 0 Å². The van der Waals surface area contributed by atoms with E-state index in [-0.39, 0.29) is 0 Å². The molecule has 0 amide bonds. The fourth-order valence-electron chi connectivity index (χ4n) is 2.61. The van der Waals surface area contributed by atoms with Crippen LogP contribution < -0.4 is 4.90 Å². The summed E-state index contributed by atoms with van der Waals surface area (Å²) < 4.78 is 1.81. The predicted octanol–water partition coefficient (Wildman–Crippen LogP) is 2.39. The first-order valence-corrected chi connectivity index (χ1v) is 7.98. The number of hydrogen-bond donors (Lipinski definition) is 0. The molecule has 0 N–H and O–H groups in total. The predicted molar refractivity (Wildman–Crippen MR) is 91.5 cm³/mol. The number of hydrogen-bond acceptors (Lipinski definition) is 5. The molecule has 0 unspecified atom stereocenters. The Labute approximate surface area is 136 Å². The molecular weight excluding hydrogens is 288 g/mol. The van der Waals surface area contributed by atoms with E-state index in [0.717, 1.165) is 54.2 Å². The standard InChI is InChI=1S/C17H22N6/c1-4-7-15-20-16(14-12-19-23(3)17(14)21-15)22(2)11-9-13-8-5-6-10-18-13/h5-6,8,10,12H,4,7,9,11H2,1-3H3. The summed E-state index contributed by atoms with van der Waals surface area (Å²) in [6.07, 6.45) is 6.46. The Morgan fingerprint density at radius 1 is 1.17 bits per heavy atom. The van der Waals surface area contributed by atoms with E-state index in [9.17, 15) is 0 Å². The zero-order valence-electron chi connectivity index (χ0n) is 13.9. The van der Waals surface area contributed by atoms with E-state index in [4.69, 9.17) is 4.98 Å². The molecule has 3 rings (SSSR count). The van der Waals surface area contributed by atoms with Crippen LogP contribution >= 0.6 is 0 Å². The SMILES string of the molecule is CCCc1nc(N(C)CCc2ccccn2)c2cnn(C)c2n1. The van der Waals surface area contributed by atoms with Gasteiger partial charge < -0.3 is 4.90 Å². The van der Waals surface area contributed by atoms with Crippen LogP contribution in [0.5, 0.6) is 0 Å². The number of anilines is 1. The summed E-state index contributed by atoms with van der Waals surface area (Å²) in [4.78, 5) is 15.9. The molecule has 0 saturated heterocycles. The quantitative estimate of drug-likeness (QED) is 0.699. The van der Waals surface area contributed by atoms with Crippen molar-refractivity contribution in [2.24, 2.45) is 7.05 Å². The van der Waals surface area contributed by atoms with Gasteiger partial charge in [-0.25, -0.2) is 9.97 Å². The van der Waals surface area contributed by atoms with Crippen molar-refractivity contribution in [2.45, 2.75) is 26.2 Å². The molecule has 23 heavy (non-hydrogen) atoms. The van der Waals surface area contributed by atoms with Crippen LogP contribution in [-0.2, 0) is 19.9 Å². The maximum atomic E-state index is 4.76. The van der Waals surface area contributed by atoms with Gasteiger partial charge in [0.25, 0.3) is 0 Å². The third-order valence-corrected chi connectivity index (χ3v) is 3.88. The van der Waals surface area contributed by atoms with Crippen molar-refractivity contribution in [2.75, 3.05) is 18.5 Å². The molecule has 0 atom stereocenters. The zero-order valence-corrected chi connectivity index (χ0v) is 13.9. The molecule has 6 nitrogen and oxygen atoms in total. The highest BCUT2D eigenvalue weighted by molar-refractivity contribution is 5.86. The van der Waals surface area contributed by atoms with Gasteiger partial charge in [-0.05, 0) is 18.6 Å². The molecule has 0 spiro atoms. The molecule has 0 fully saturated rings. The Morgan fingerprint density at radius 2 is 2.04 bits per heavy atom. The zero-order chi connectivity index (χ0) is 16.2. The van der Waals surface area contributed by atoms with E-state index >= 15 is 0 Å². The lowest BCUT2D eigenvalue weighted by Crippen LogP contribution is -2.22. The Balaban J connectivity index is 1.87. The normalized spacial score (nSPS) is 11.1. The largest absolute Gasteiger partial charge is 0.359 e. The van der Waals surface area contributed by atoms with Gasteiger partial charge in [0.2, 0.25) is 0 Å². The number of likely N-dealkylation sites (N-methyl/N-ethyl adjacent to an activating group) is 1. The highest BCUT2D eigenvalue weighted by atomic mass is 15.3. The molecule has 0 aliphatic carbocycles. The Bertz CT molecular complexity index is 780. The third-order valence-electron chi connectivity index (χ3n) is 3.88. The van der Waals surface area contributed by atoms with Gasteiger partial charge in [-0.2, -0.15) is 5.10 Å². The lowest BCUT2D eigenvalue weighted by molar-refractivity contribution is 0.768. The van der Waals surface area contributed by atoms with Crippen LogP contribution in [-0.4, -0.2) is 38.3 Å². The molecule has 0 saturated carbocycles. The van der Waals surface area contributed by atoms with E-state index in [1.54, 1.807) is 0 Å². The summed E-state index contributed by atoms with van der Waals surface area (Å²) in [7, 11) is 3.98. The minimum Gasteiger partial charge on any atom is -0.359 e. The summed E-state index contributed by atoms with van der Waals surface area (Å²) in [6, 6.07) is 6.01. The summed E-state index contributed by atoms with van der Waals surface area (Å²) in [5.74, 6) is 1.82. The van der Waals surface area contributed by atoms with Crippen LogP contribution in [0.15, 0.2) is 30.6 Å². The fourth-order valence-corrected chi connectivity index (χ4v) is 2.61. The van der Waals surface area contributed by atoms with Crippen molar-refractivity contribution < 1.29 is 0 Å². The number of fused-ring (bicyclic) bond motifs is 1. The summed E-state index contributed by atoms with van der Waals surface area (Å²) in [5, 5.41) is 5.33. The average molecular weight is 310 g/mol.